The van der Waals surface area contributed by atoms with E-state index in [2.05, 4.69) is 5.10 Å². The molecule has 7 nitrogen and oxygen atoms in total. The molecule has 0 aromatic heterocycles. The Kier molecular flexibility index (Phi) is 4.86. The number of sulfonamides is 1. The largest absolute Gasteiger partial charge is 0.378 e. The Morgan fingerprint density at radius 3 is 2.15 bits per heavy atom. The lowest BCUT2D eigenvalue weighted by molar-refractivity contribution is -0.114. The van der Waals surface area contributed by atoms with E-state index < -0.39 is 10.0 Å². The van der Waals surface area contributed by atoms with Gasteiger partial charge in [-0.05, 0) is 55.0 Å². The van der Waals surface area contributed by atoms with Crippen LogP contribution in [0.4, 0.5) is 11.4 Å². The van der Waals surface area contributed by atoms with E-state index in [0.717, 1.165) is 11.3 Å². The van der Waals surface area contributed by atoms with Crippen LogP contribution in [0.25, 0.3) is 6.08 Å². The van der Waals surface area contributed by atoms with Crippen molar-refractivity contribution >= 4 is 39.1 Å². The van der Waals surface area contributed by atoms with Gasteiger partial charge in [0.15, 0.2) is 0 Å². The van der Waals surface area contributed by atoms with E-state index in [-0.39, 0.29) is 10.8 Å². The third-order valence-corrected chi connectivity index (χ3v) is 5.12. The quantitative estimate of drug-likeness (QED) is 0.818. The number of hydrogen-bond donors (Lipinski definition) is 1. The predicted octanol–water partition coefficient (Wildman–Crippen LogP) is 2.21. The first-order chi connectivity index (χ1) is 12.7. The van der Waals surface area contributed by atoms with E-state index in [9.17, 15) is 13.2 Å². The minimum absolute atomic E-state index is 0.0182. The number of rotatable bonds is 4. The van der Waals surface area contributed by atoms with Crippen molar-refractivity contribution in [2.75, 3.05) is 24.0 Å². The van der Waals surface area contributed by atoms with E-state index >= 15 is 0 Å². The summed E-state index contributed by atoms with van der Waals surface area (Å²) in [6.07, 6.45) is 1.79. The Balaban J connectivity index is 1.87. The fourth-order valence-electron chi connectivity index (χ4n) is 2.67. The highest BCUT2D eigenvalue weighted by Crippen LogP contribution is 2.26. The van der Waals surface area contributed by atoms with E-state index in [0.29, 0.717) is 17.0 Å². The predicted molar refractivity (Wildman–Crippen MR) is 107 cm³/mol. The Morgan fingerprint density at radius 2 is 1.63 bits per heavy atom. The first-order valence-electron chi connectivity index (χ1n) is 8.19. The lowest BCUT2D eigenvalue weighted by Crippen LogP contribution is -2.21. The third-order valence-electron chi connectivity index (χ3n) is 4.19. The zero-order chi connectivity index (χ0) is 19.8. The molecule has 0 spiro atoms. The summed E-state index contributed by atoms with van der Waals surface area (Å²) in [7, 11) is 0.142. The van der Waals surface area contributed by atoms with Crippen LogP contribution in [0.2, 0.25) is 0 Å². The molecule has 140 valence electrons. The molecule has 0 aliphatic carbocycles. The van der Waals surface area contributed by atoms with Crippen molar-refractivity contribution in [3.05, 3.63) is 59.7 Å². The normalized spacial score (nSPS) is 16.0. The highest BCUT2D eigenvalue weighted by molar-refractivity contribution is 7.89. The molecule has 27 heavy (non-hydrogen) atoms. The van der Waals surface area contributed by atoms with E-state index in [1.807, 2.05) is 43.3 Å². The number of hydrogen-bond acceptors (Lipinski definition) is 5. The minimum atomic E-state index is -3.78. The second-order valence-corrected chi connectivity index (χ2v) is 7.95. The molecule has 0 radical (unpaired) electrons. The summed E-state index contributed by atoms with van der Waals surface area (Å²) in [6, 6.07) is 13.5. The van der Waals surface area contributed by atoms with Crippen molar-refractivity contribution < 1.29 is 13.2 Å². The SMILES string of the molecule is CC1=NN(c2ccc(S(N)(=O)=O)cc2)C(=O)/C1=C\c1ccc(N(C)C)cc1. The summed E-state index contributed by atoms with van der Waals surface area (Å²) in [6.45, 7) is 1.76. The summed E-state index contributed by atoms with van der Waals surface area (Å²) in [5.74, 6) is -0.271. The zero-order valence-electron chi connectivity index (χ0n) is 15.2. The molecule has 1 aliphatic heterocycles. The summed E-state index contributed by atoms with van der Waals surface area (Å²) in [4.78, 5) is 14.7. The standard InChI is InChI=1S/C19H20N4O3S/c1-13-18(12-14-4-6-15(7-5-14)22(2)3)19(24)23(21-13)16-8-10-17(11-9-16)27(20,25)26/h4-12H,1-3H3,(H2,20,25,26)/b18-12-. The fraction of sp³-hybridized carbons (Fsp3) is 0.158. The molecule has 0 bridgehead atoms. The van der Waals surface area contributed by atoms with Gasteiger partial charge in [-0.1, -0.05) is 12.1 Å². The maximum Gasteiger partial charge on any atom is 0.280 e. The first kappa shape index (κ1) is 18.8. The van der Waals surface area contributed by atoms with Gasteiger partial charge in [0, 0.05) is 19.8 Å². The molecule has 1 amide bonds. The summed E-state index contributed by atoms with van der Waals surface area (Å²) < 4.78 is 22.7. The highest BCUT2D eigenvalue weighted by atomic mass is 32.2. The monoisotopic (exact) mass is 384 g/mol. The number of carbonyl (C=O) groups excluding carboxylic acids is 1. The topological polar surface area (TPSA) is 96.1 Å². The maximum absolute atomic E-state index is 12.8. The van der Waals surface area contributed by atoms with Crippen LogP contribution < -0.4 is 15.0 Å². The molecule has 3 rings (SSSR count). The smallest absolute Gasteiger partial charge is 0.280 e. The molecular formula is C19H20N4O3S. The lowest BCUT2D eigenvalue weighted by Gasteiger charge is -2.12. The number of anilines is 2. The summed E-state index contributed by atoms with van der Waals surface area (Å²) in [5.41, 5.74) is 3.51. The van der Waals surface area contributed by atoms with Crippen molar-refractivity contribution in [2.45, 2.75) is 11.8 Å². The number of nitrogens with two attached hydrogens (primary N) is 1. The van der Waals surface area contributed by atoms with Gasteiger partial charge in [0.2, 0.25) is 10.0 Å². The summed E-state index contributed by atoms with van der Waals surface area (Å²) in [5, 5.41) is 10.6. The van der Waals surface area contributed by atoms with Gasteiger partial charge in [-0.25, -0.2) is 13.6 Å². The van der Waals surface area contributed by atoms with Crippen LogP contribution in [0.5, 0.6) is 0 Å². The van der Waals surface area contributed by atoms with Crippen molar-refractivity contribution in [1.82, 2.24) is 0 Å². The van der Waals surface area contributed by atoms with Gasteiger partial charge < -0.3 is 4.90 Å². The average Bonchev–Trinajstić information content (AvgIpc) is 2.90. The maximum atomic E-state index is 12.8. The number of hydrazone groups is 1. The number of carbonyl (C=O) groups is 1. The molecule has 2 aromatic rings. The number of benzene rings is 2. The minimum Gasteiger partial charge on any atom is -0.378 e. The number of nitrogens with zero attached hydrogens (tertiary/aromatic N) is 3. The van der Waals surface area contributed by atoms with Gasteiger partial charge >= 0.3 is 0 Å². The zero-order valence-corrected chi connectivity index (χ0v) is 16.1. The van der Waals surface area contributed by atoms with Crippen LogP contribution in [0.15, 0.2) is 64.1 Å². The molecule has 1 aliphatic rings. The first-order valence-corrected chi connectivity index (χ1v) is 9.73. The van der Waals surface area contributed by atoms with Crippen LogP contribution in [0.1, 0.15) is 12.5 Å². The molecule has 0 saturated carbocycles. The Labute approximate surface area is 158 Å². The molecule has 2 aromatic carbocycles. The van der Waals surface area contributed by atoms with Crippen LogP contribution >= 0.6 is 0 Å². The molecule has 8 heteroatoms. The molecule has 0 atom stereocenters. The third kappa shape index (κ3) is 3.91. The second-order valence-electron chi connectivity index (χ2n) is 6.39. The summed E-state index contributed by atoms with van der Waals surface area (Å²) >= 11 is 0. The van der Waals surface area contributed by atoms with Crippen LogP contribution in [0, 0.1) is 0 Å². The molecule has 0 fully saturated rings. The van der Waals surface area contributed by atoms with E-state index in [1.54, 1.807) is 13.0 Å². The van der Waals surface area contributed by atoms with Gasteiger partial charge in [0.05, 0.1) is 21.9 Å². The van der Waals surface area contributed by atoms with Crippen LogP contribution in [-0.2, 0) is 14.8 Å². The molecule has 0 saturated heterocycles. The number of amides is 1. The van der Waals surface area contributed by atoms with Crippen molar-refractivity contribution in [1.29, 1.82) is 0 Å². The Hall–Kier alpha value is -2.97. The van der Waals surface area contributed by atoms with Gasteiger partial charge in [-0.3, -0.25) is 4.79 Å². The molecule has 0 unspecified atom stereocenters. The van der Waals surface area contributed by atoms with Crippen LogP contribution in [-0.4, -0.2) is 34.1 Å². The second kappa shape index (κ2) is 6.98. The van der Waals surface area contributed by atoms with Crippen molar-refractivity contribution in [3.63, 3.8) is 0 Å². The van der Waals surface area contributed by atoms with Crippen molar-refractivity contribution in [2.24, 2.45) is 10.2 Å². The van der Waals surface area contributed by atoms with Gasteiger partial charge in [0.25, 0.3) is 5.91 Å². The fourth-order valence-corrected chi connectivity index (χ4v) is 3.19. The van der Waals surface area contributed by atoms with Gasteiger partial charge in [-0.2, -0.15) is 10.1 Å². The van der Waals surface area contributed by atoms with Crippen LogP contribution in [0.3, 0.4) is 0 Å². The van der Waals surface area contributed by atoms with E-state index in [1.165, 1.54) is 29.3 Å². The Bertz CT molecular complexity index is 1040. The van der Waals surface area contributed by atoms with E-state index in [4.69, 9.17) is 5.14 Å². The van der Waals surface area contributed by atoms with Gasteiger partial charge in [0.1, 0.15) is 0 Å². The lowest BCUT2D eigenvalue weighted by atomic mass is 10.1. The molecular weight excluding hydrogens is 364 g/mol. The Morgan fingerprint density at radius 1 is 1.04 bits per heavy atom. The number of primary sulfonamides is 1. The highest BCUT2D eigenvalue weighted by Gasteiger charge is 2.28. The van der Waals surface area contributed by atoms with Gasteiger partial charge in [-0.15, -0.1) is 0 Å². The molecule has 1 heterocycles. The average molecular weight is 384 g/mol. The molecule has 2 N–H and O–H groups in total. The van der Waals surface area contributed by atoms with Crippen molar-refractivity contribution in [3.8, 4) is 0 Å².